The number of ether oxygens (including phenoxy) is 1. The molecule has 0 radical (unpaired) electrons. The molecule has 8 heteroatoms. The van der Waals surface area contributed by atoms with Gasteiger partial charge in [-0.3, -0.25) is 10.1 Å². The lowest BCUT2D eigenvalue weighted by molar-refractivity contribution is -0.137. The first kappa shape index (κ1) is 22.4. The SMILES string of the molecule is CCCCn1nnnc1C(NC(CC(=O)O)c1cccc(C)c1)c1ccc(OC)cc1. The number of aryl methyl sites for hydroxylation is 2. The van der Waals surface area contributed by atoms with Crippen LogP contribution in [-0.2, 0) is 11.3 Å². The first-order valence-electron chi connectivity index (χ1n) is 10.5. The van der Waals surface area contributed by atoms with Crippen molar-refractivity contribution in [2.45, 2.75) is 51.7 Å². The van der Waals surface area contributed by atoms with E-state index in [1.54, 1.807) is 11.8 Å². The van der Waals surface area contributed by atoms with E-state index in [2.05, 4.69) is 27.8 Å². The summed E-state index contributed by atoms with van der Waals surface area (Å²) in [6, 6.07) is 14.7. The Morgan fingerprint density at radius 2 is 1.97 bits per heavy atom. The van der Waals surface area contributed by atoms with Crippen molar-refractivity contribution in [2.75, 3.05) is 7.11 Å². The van der Waals surface area contributed by atoms with Crippen molar-refractivity contribution in [2.24, 2.45) is 0 Å². The van der Waals surface area contributed by atoms with Crippen LogP contribution in [0.2, 0.25) is 0 Å². The number of nitrogens with one attached hydrogen (secondary N) is 1. The highest BCUT2D eigenvalue weighted by Gasteiger charge is 2.26. The molecule has 1 heterocycles. The summed E-state index contributed by atoms with van der Waals surface area (Å²) in [5.41, 5.74) is 2.91. The Morgan fingerprint density at radius 3 is 2.61 bits per heavy atom. The topological polar surface area (TPSA) is 102 Å². The molecule has 2 atom stereocenters. The van der Waals surface area contributed by atoms with Gasteiger partial charge in [-0.05, 0) is 47.0 Å². The van der Waals surface area contributed by atoms with E-state index in [1.165, 1.54) is 0 Å². The molecule has 0 fully saturated rings. The Hall–Kier alpha value is -3.26. The quantitative estimate of drug-likeness (QED) is 0.485. The minimum atomic E-state index is -0.877. The van der Waals surface area contributed by atoms with Crippen LogP contribution in [0, 0.1) is 6.92 Å². The summed E-state index contributed by atoms with van der Waals surface area (Å²) in [5.74, 6) is 0.522. The van der Waals surface area contributed by atoms with Gasteiger partial charge in [-0.1, -0.05) is 55.3 Å². The molecule has 0 saturated carbocycles. The first-order valence-corrected chi connectivity index (χ1v) is 10.5. The smallest absolute Gasteiger partial charge is 0.305 e. The van der Waals surface area contributed by atoms with Gasteiger partial charge in [-0.25, -0.2) is 4.68 Å². The number of rotatable bonds is 11. The van der Waals surface area contributed by atoms with Crippen LogP contribution < -0.4 is 10.1 Å². The summed E-state index contributed by atoms with van der Waals surface area (Å²) in [7, 11) is 1.62. The van der Waals surface area contributed by atoms with Gasteiger partial charge in [0.15, 0.2) is 5.82 Å². The molecule has 2 N–H and O–H groups in total. The fraction of sp³-hybridized carbons (Fsp3) is 0.391. The van der Waals surface area contributed by atoms with Crippen molar-refractivity contribution in [3.05, 3.63) is 71.0 Å². The number of carbonyl (C=O) groups is 1. The molecule has 0 aliphatic rings. The molecule has 0 spiro atoms. The lowest BCUT2D eigenvalue weighted by Crippen LogP contribution is -2.31. The average Bonchev–Trinajstić information content (AvgIpc) is 3.23. The molecular formula is C23H29N5O3. The van der Waals surface area contributed by atoms with Crippen LogP contribution in [0.25, 0.3) is 0 Å². The van der Waals surface area contributed by atoms with Crippen molar-refractivity contribution in [3.8, 4) is 5.75 Å². The second kappa shape index (κ2) is 10.7. The van der Waals surface area contributed by atoms with Gasteiger partial charge < -0.3 is 9.84 Å². The van der Waals surface area contributed by atoms with E-state index < -0.39 is 12.0 Å². The van der Waals surface area contributed by atoms with Crippen LogP contribution in [0.3, 0.4) is 0 Å². The lowest BCUT2D eigenvalue weighted by Gasteiger charge is -2.25. The van der Waals surface area contributed by atoms with Crippen LogP contribution in [0.15, 0.2) is 48.5 Å². The Labute approximate surface area is 182 Å². The number of hydrogen-bond donors (Lipinski definition) is 2. The lowest BCUT2D eigenvalue weighted by atomic mass is 9.98. The monoisotopic (exact) mass is 423 g/mol. The van der Waals surface area contributed by atoms with Crippen molar-refractivity contribution in [1.82, 2.24) is 25.5 Å². The van der Waals surface area contributed by atoms with Gasteiger partial charge in [0.25, 0.3) is 0 Å². The second-order valence-electron chi connectivity index (χ2n) is 7.55. The van der Waals surface area contributed by atoms with Crippen LogP contribution in [0.1, 0.15) is 60.8 Å². The Morgan fingerprint density at radius 1 is 1.19 bits per heavy atom. The third-order valence-electron chi connectivity index (χ3n) is 5.18. The number of aromatic nitrogens is 4. The molecule has 0 aliphatic carbocycles. The molecule has 2 aromatic carbocycles. The summed E-state index contributed by atoms with van der Waals surface area (Å²) in [6.07, 6.45) is 1.90. The second-order valence-corrected chi connectivity index (χ2v) is 7.55. The van der Waals surface area contributed by atoms with E-state index in [4.69, 9.17) is 4.74 Å². The van der Waals surface area contributed by atoms with Crippen molar-refractivity contribution in [3.63, 3.8) is 0 Å². The standard InChI is InChI=1S/C23H29N5O3/c1-4-5-13-28-23(25-26-27-28)22(17-9-11-19(31-3)12-10-17)24-20(15-21(29)30)18-8-6-7-16(2)14-18/h6-12,14,20,22,24H,4-5,13,15H2,1-3H3,(H,29,30). The average molecular weight is 424 g/mol. The van der Waals surface area contributed by atoms with Crippen LogP contribution in [-0.4, -0.2) is 38.4 Å². The number of unbranched alkanes of at least 4 members (excludes halogenated alkanes) is 1. The van der Waals surface area contributed by atoms with Gasteiger partial charge in [-0.15, -0.1) is 5.10 Å². The predicted molar refractivity (Wildman–Crippen MR) is 117 cm³/mol. The maximum atomic E-state index is 11.7. The molecule has 3 aromatic rings. The van der Waals surface area contributed by atoms with E-state index in [0.29, 0.717) is 12.4 Å². The fourth-order valence-electron chi connectivity index (χ4n) is 3.54. The number of hydrogen-bond acceptors (Lipinski definition) is 6. The maximum Gasteiger partial charge on any atom is 0.305 e. The van der Waals surface area contributed by atoms with E-state index in [1.807, 2.05) is 55.5 Å². The van der Waals surface area contributed by atoms with Crippen molar-refractivity contribution < 1.29 is 14.6 Å². The van der Waals surface area contributed by atoms with Crippen LogP contribution in [0.5, 0.6) is 5.75 Å². The molecule has 31 heavy (non-hydrogen) atoms. The van der Waals surface area contributed by atoms with Crippen molar-refractivity contribution >= 4 is 5.97 Å². The third kappa shape index (κ3) is 5.88. The molecule has 1 aromatic heterocycles. The summed E-state index contributed by atoms with van der Waals surface area (Å²) in [4.78, 5) is 11.7. The summed E-state index contributed by atoms with van der Waals surface area (Å²) in [5, 5.41) is 25.4. The Bertz CT molecular complexity index is 987. The largest absolute Gasteiger partial charge is 0.497 e. The number of methoxy groups -OCH3 is 1. The molecule has 164 valence electrons. The molecule has 3 rings (SSSR count). The van der Waals surface area contributed by atoms with Crippen molar-refractivity contribution in [1.29, 1.82) is 0 Å². The normalized spacial score (nSPS) is 13.0. The fourth-order valence-corrected chi connectivity index (χ4v) is 3.54. The van der Waals surface area contributed by atoms with Crippen LogP contribution in [0.4, 0.5) is 0 Å². The number of nitrogens with zero attached hydrogens (tertiary/aromatic N) is 4. The summed E-state index contributed by atoms with van der Waals surface area (Å²) < 4.78 is 7.08. The molecule has 0 amide bonds. The minimum absolute atomic E-state index is 0.0629. The van der Waals surface area contributed by atoms with Gasteiger partial charge in [0.2, 0.25) is 0 Å². The van der Waals surface area contributed by atoms with Gasteiger partial charge >= 0.3 is 5.97 Å². The molecule has 0 bridgehead atoms. The zero-order chi connectivity index (χ0) is 22.2. The highest BCUT2D eigenvalue weighted by atomic mass is 16.5. The van der Waals surface area contributed by atoms with E-state index in [9.17, 15) is 9.90 Å². The van der Waals surface area contributed by atoms with Gasteiger partial charge in [0.05, 0.1) is 19.6 Å². The predicted octanol–water partition coefficient (Wildman–Crippen LogP) is 3.69. The Balaban J connectivity index is 2.01. The van der Waals surface area contributed by atoms with E-state index in [-0.39, 0.29) is 12.5 Å². The minimum Gasteiger partial charge on any atom is -0.497 e. The third-order valence-corrected chi connectivity index (χ3v) is 5.18. The first-order chi connectivity index (χ1) is 15.0. The van der Waals surface area contributed by atoms with Crippen LogP contribution >= 0.6 is 0 Å². The molecular weight excluding hydrogens is 394 g/mol. The zero-order valence-electron chi connectivity index (χ0n) is 18.2. The van der Waals surface area contributed by atoms with E-state index >= 15 is 0 Å². The van der Waals surface area contributed by atoms with E-state index in [0.717, 1.165) is 35.3 Å². The zero-order valence-corrected chi connectivity index (χ0v) is 18.2. The maximum absolute atomic E-state index is 11.7. The molecule has 2 unspecified atom stereocenters. The molecule has 0 aliphatic heterocycles. The number of carboxylic acid groups (broad SMARTS) is 1. The molecule has 8 nitrogen and oxygen atoms in total. The summed E-state index contributed by atoms with van der Waals surface area (Å²) >= 11 is 0. The van der Waals surface area contributed by atoms with Gasteiger partial charge in [0, 0.05) is 12.6 Å². The summed E-state index contributed by atoms with van der Waals surface area (Å²) in [6.45, 7) is 4.80. The number of tetrazole rings is 1. The highest BCUT2D eigenvalue weighted by Crippen LogP contribution is 2.28. The van der Waals surface area contributed by atoms with Gasteiger partial charge in [0.1, 0.15) is 5.75 Å². The number of benzene rings is 2. The number of carboxylic acids is 1. The molecule has 0 saturated heterocycles. The highest BCUT2D eigenvalue weighted by molar-refractivity contribution is 5.68. The number of aliphatic carboxylic acids is 1. The van der Waals surface area contributed by atoms with Gasteiger partial charge in [-0.2, -0.15) is 0 Å². The Kier molecular flexibility index (Phi) is 7.72.